The average molecular weight is 292 g/mol. The quantitative estimate of drug-likeness (QED) is 0.679. The van der Waals surface area contributed by atoms with E-state index in [1.54, 1.807) is 0 Å². The van der Waals surface area contributed by atoms with Crippen molar-refractivity contribution >= 4 is 30.3 Å². The second kappa shape index (κ2) is 4.57. The molecule has 1 aromatic carbocycles. The van der Waals surface area contributed by atoms with Crippen molar-refractivity contribution in [2.45, 2.75) is 0 Å². The molecule has 0 aliphatic rings. The van der Waals surface area contributed by atoms with Crippen molar-refractivity contribution in [3.63, 3.8) is 0 Å². The maximum Gasteiger partial charge on any atom is 0.291 e. The molecule has 0 bridgehead atoms. The summed E-state index contributed by atoms with van der Waals surface area (Å²) in [6, 6.07) is 4.08. The van der Waals surface area contributed by atoms with E-state index in [0.29, 0.717) is 0 Å². The van der Waals surface area contributed by atoms with Gasteiger partial charge in [-0.2, -0.15) is 0 Å². The summed E-state index contributed by atoms with van der Waals surface area (Å²) in [7, 11) is -8.93. The normalized spacial score (nSPS) is 12.1. The topological polar surface area (TPSA) is 154 Å². The van der Waals surface area contributed by atoms with Gasteiger partial charge in [0.05, 0.1) is 0 Å². The Kier molecular flexibility index (Phi) is 3.67. The van der Waals surface area contributed by atoms with Gasteiger partial charge in [0.25, 0.3) is 30.3 Å². The maximum absolute atomic E-state index is 11.3. The number of hydrogen-bond donors (Lipinski definition) is 2. The Morgan fingerprint density at radius 3 is 1.44 bits per heavy atom. The van der Waals surface area contributed by atoms with Crippen LogP contribution in [0.2, 0.25) is 0 Å². The van der Waals surface area contributed by atoms with Gasteiger partial charge in [-0.3, -0.25) is 9.59 Å². The molecule has 0 heterocycles. The standard InChI is InChI=1S/C8H8N2O6S2/c9-17(13,14)7(11)5-2-1-3-6(4-5)8(12)18(10,15)16/h1-4H,(H2,9,13,14)(H2,10,15,16). The molecule has 0 fully saturated rings. The van der Waals surface area contributed by atoms with Gasteiger partial charge >= 0.3 is 0 Å². The fraction of sp³-hybridized carbons (Fsp3) is 0. The van der Waals surface area contributed by atoms with Gasteiger partial charge in [-0.25, -0.2) is 27.1 Å². The van der Waals surface area contributed by atoms with E-state index in [2.05, 4.69) is 10.3 Å². The van der Waals surface area contributed by atoms with Crippen molar-refractivity contribution in [3.05, 3.63) is 35.4 Å². The molecule has 0 spiro atoms. The monoisotopic (exact) mass is 292 g/mol. The lowest BCUT2D eigenvalue weighted by molar-refractivity contribution is 0.107. The molecule has 0 amide bonds. The molecule has 1 rings (SSSR count). The highest BCUT2D eigenvalue weighted by atomic mass is 32.2. The summed E-state index contributed by atoms with van der Waals surface area (Å²) in [6.07, 6.45) is 0. The fourth-order valence-corrected chi connectivity index (χ4v) is 2.01. The van der Waals surface area contributed by atoms with Crippen LogP contribution in [0.5, 0.6) is 0 Å². The third-order valence-corrected chi connectivity index (χ3v) is 3.36. The Bertz CT molecular complexity index is 660. The number of carbonyl (C=O) groups excluding carboxylic acids is 2. The first-order valence-corrected chi connectivity index (χ1v) is 7.37. The molecular weight excluding hydrogens is 284 g/mol. The molecule has 0 aliphatic heterocycles. The van der Waals surface area contributed by atoms with Crippen molar-refractivity contribution in [2.24, 2.45) is 10.3 Å². The SMILES string of the molecule is NS(=O)(=O)C(=O)c1cccc(C(=O)S(N)(=O)=O)c1. The van der Waals surface area contributed by atoms with Crippen LogP contribution < -0.4 is 10.3 Å². The van der Waals surface area contributed by atoms with Gasteiger partial charge in [0.2, 0.25) is 0 Å². The van der Waals surface area contributed by atoms with Gasteiger partial charge in [0.15, 0.2) is 0 Å². The highest BCUT2D eigenvalue weighted by molar-refractivity contribution is 8.05. The third-order valence-electron chi connectivity index (χ3n) is 1.85. The molecule has 4 N–H and O–H groups in total. The molecule has 0 saturated heterocycles. The fourth-order valence-electron chi connectivity index (χ4n) is 1.10. The third kappa shape index (κ3) is 3.20. The van der Waals surface area contributed by atoms with Crippen LogP contribution in [0.1, 0.15) is 20.7 Å². The molecule has 8 nitrogen and oxygen atoms in total. The minimum absolute atomic E-state index is 0.424. The number of rotatable bonds is 2. The summed E-state index contributed by atoms with van der Waals surface area (Å²) in [6.45, 7) is 0. The summed E-state index contributed by atoms with van der Waals surface area (Å²) in [4.78, 5) is 22.6. The van der Waals surface area contributed by atoms with E-state index in [0.717, 1.165) is 24.3 Å². The van der Waals surface area contributed by atoms with Crippen LogP contribution in [-0.2, 0) is 20.0 Å². The first kappa shape index (κ1) is 14.4. The number of benzene rings is 1. The zero-order valence-corrected chi connectivity index (χ0v) is 10.4. The van der Waals surface area contributed by atoms with E-state index in [4.69, 9.17) is 0 Å². The van der Waals surface area contributed by atoms with E-state index in [-0.39, 0.29) is 0 Å². The van der Waals surface area contributed by atoms with Crippen molar-refractivity contribution in [1.29, 1.82) is 0 Å². The second-order valence-corrected chi connectivity index (χ2v) is 6.17. The smallest absolute Gasteiger partial charge is 0.274 e. The Morgan fingerprint density at radius 2 is 1.17 bits per heavy atom. The Morgan fingerprint density at radius 1 is 0.833 bits per heavy atom. The Balaban J connectivity index is 3.32. The lowest BCUT2D eigenvalue weighted by atomic mass is 10.1. The van der Waals surface area contributed by atoms with Crippen LogP contribution in [-0.4, -0.2) is 27.1 Å². The maximum atomic E-state index is 11.3. The van der Waals surface area contributed by atoms with Gasteiger partial charge in [-0.1, -0.05) is 18.2 Å². The van der Waals surface area contributed by atoms with Crippen molar-refractivity contribution in [1.82, 2.24) is 0 Å². The van der Waals surface area contributed by atoms with Crippen LogP contribution >= 0.6 is 0 Å². The van der Waals surface area contributed by atoms with Crippen LogP contribution in [0.25, 0.3) is 0 Å². The van der Waals surface area contributed by atoms with E-state index < -0.39 is 41.4 Å². The number of sulfonamides is 2. The van der Waals surface area contributed by atoms with Crippen LogP contribution in [0, 0.1) is 0 Å². The largest absolute Gasteiger partial charge is 0.291 e. The zero-order valence-electron chi connectivity index (χ0n) is 8.73. The minimum atomic E-state index is -4.46. The molecule has 0 saturated carbocycles. The van der Waals surface area contributed by atoms with Gasteiger partial charge in [0.1, 0.15) is 0 Å². The molecule has 10 heteroatoms. The first-order valence-electron chi connectivity index (χ1n) is 4.28. The second-order valence-electron chi connectivity index (χ2n) is 3.25. The highest BCUT2D eigenvalue weighted by Gasteiger charge is 2.23. The number of hydrogen-bond acceptors (Lipinski definition) is 6. The molecule has 0 radical (unpaired) electrons. The summed E-state index contributed by atoms with van der Waals surface area (Å²) < 4.78 is 43.2. The first-order chi connectivity index (χ1) is 8.03. The number of primary sulfonamides is 2. The van der Waals surface area contributed by atoms with Crippen molar-refractivity contribution < 1.29 is 26.4 Å². The lowest BCUT2D eigenvalue weighted by Gasteiger charge is -2.01. The van der Waals surface area contributed by atoms with E-state index in [1.165, 1.54) is 0 Å². The molecule has 0 aliphatic carbocycles. The average Bonchev–Trinajstić information content (AvgIpc) is 2.24. The summed E-state index contributed by atoms with van der Waals surface area (Å²) in [5.41, 5.74) is -0.848. The van der Waals surface area contributed by atoms with E-state index in [1.807, 2.05) is 0 Å². The highest BCUT2D eigenvalue weighted by Crippen LogP contribution is 2.10. The predicted molar refractivity (Wildman–Crippen MR) is 61.3 cm³/mol. The predicted octanol–water partition coefficient (Wildman–Crippen LogP) is -1.46. The molecular formula is C8H8N2O6S2. The van der Waals surface area contributed by atoms with Crippen molar-refractivity contribution in [3.8, 4) is 0 Å². The molecule has 0 atom stereocenters. The molecule has 0 aromatic heterocycles. The van der Waals surface area contributed by atoms with E-state index in [9.17, 15) is 26.4 Å². The molecule has 18 heavy (non-hydrogen) atoms. The van der Waals surface area contributed by atoms with Gasteiger partial charge in [-0.15, -0.1) is 0 Å². The summed E-state index contributed by atoms with van der Waals surface area (Å²) in [5.74, 6) is 0. The Hall–Kier alpha value is -1.62. The van der Waals surface area contributed by atoms with Crippen LogP contribution in [0.15, 0.2) is 24.3 Å². The van der Waals surface area contributed by atoms with Gasteiger partial charge in [-0.05, 0) is 6.07 Å². The molecule has 1 aromatic rings. The molecule has 98 valence electrons. The number of carbonyl (C=O) groups is 2. The van der Waals surface area contributed by atoms with Crippen molar-refractivity contribution in [2.75, 3.05) is 0 Å². The van der Waals surface area contributed by atoms with Crippen LogP contribution in [0.4, 0.5) is 0 Å². The Labute approximate surface area is 103 Å². The summed E-state index contributed by atoms with van der Waals surface area (Å²) >= 11 is 0. The zero-order chi connectivity index (χ0) is 14.1. The lowest BCUT2D eigenvalue weighted by Crippen LogP contribution is -2.25. The number of nitrogens with two attached hydrogens (primary N) is 2. The minimum Gasteiger partial charge on any atom is -0.274 e. The van der Waals surface area contributed by atoms with Gasteiger partial charge < -0.3 is 0 Å². The molecule has 0 unspecified atom stereocenters. The summed E-state index contributed by atoms with van der Waals surface area (Å²) in [5, 5.41) is 6.39. The van der Waals surface area contributed by atoms with Gasteiger partial charge in [0, 0.05) is 11.1 Å². The van der Waals surface area contributed by atoms with E-state index >= 15 is 0 Å². The van der Waals surface area contributed by atoms with Crippen LogP contribution in [0.3, 0.4) is 0 Å².